The lowest BCUT2D eigenvalue weighted by Crippen LogP contribution is -2.42. The standard InChI is InChI=1S/C25H24ClFN2O3S/c1-17-6-10-21(11-7-17)33(31,32)29-13-12-18-4-2-3-5-22(18)24(29)15-25(30)28-16-19-8-9-20(27)14-23(19)26/h2-11,14,24H,12-13,15-16H2,1H3,(H,28,30). The van der Waals surface area contributed by atoms with Gasteiger partial charge in [-0.1, -0.05) is 59.6 Å². The average Bonchev–Trinajstić information content (AvgIpc) is 2.79. The third-order valence-electron chi connectivity index (χ3n) is 5.86. The van der Waals surface area contributed by atoms with Gasteiger partial charge in [-0.2, -0.15) is 4.31 Å². The Kier molecular flexibility index (Phi) is 6.83. The second-order valence-electron chi connectivity index (χ2n) is 8.11. The van der Waals surface area contributed by atoms with Crippen LogP contribution in [-0.4, -0.2) is 25.2 Å². The van der Waals surface area contributed by atoms with Crippen molar-refractivity contribution in [3.8, 4) is 0 Å². The Morgan fingerprint density at radius 3 is 2.58 bits per heavy atom. The maximum Gasteiger partial charge on any atom is 0.243 e. The van der Waals surface area contributed by atoms with E-state index in [-0.39, 0.29) is 35.3 Å². The summed E-state index contributed by atoms with van der Waals surface area (Å²) in [4.78, 5) is 13.1. The number of carbonyl (C=O) groups is 1. The van der Waals surface area contributed by atoms with E-state index in [0.29, 0.717) is 12.0 Å². The summed E-state index contributed by atoms with van der Waals surface area (Å²) in [6.07, 6.45) is 0.533. The number of fused-ring (bicyclic) bond motifs is 1. The Morgan fingerprint density at radius 2 is 1.85 bits per heavy atom. The van der Waals surface area contributed by atoms with E-state index < -0.39 is 21.9 Å². The molecule has 0 aromatic heterocycles. The number of hydrogen-bond donors (Lipinski definition) is 1. The smallest absolute Gasteiger partial charge is 0.243 e. The van der Waals surface area contributed by atoms with Crippen molar-refractivity contribution < 1.29 is 17.6 Å². The fourth-order valence-electron chi connectivity index (χ4n) is 4.08. The summed E-state index contributed by atoms with van der Waals surface area (Å²) in [6.45, 7) is 2.31. The fourth-order valence-corrected chi connectivity index (χ4v) is 5.92. The van der Waals surface area contributed by atoms with Crippen LogP contribution in [-0.2, 0) is 27.8 Å². The molecule has 3 aromatic rings. The molecule has 0 fully saturated rings. The minimum Gasteiger partial charge on any atom is -0.352 e. The number of halogens is 2. The average molecular weight is 487 g/mol. The van der Waals surface area contributed by atoms with Crippen LogP contribution >= 0.6 is 11.6 Å². The second-order valence-corrected chi connectivity index (χ2v) is 10.4. The summed E-state index contributed by atoms with van der Waals surface area (Å²) in [7, 11) is -3.80. The van der Waals surface area contributed by atoms with Gasteiger partial charge in [0.05, 0.1) is 10.9 Å². The normalized spacial score (nSPS) is 16.3. The molecule has 1 atom stereocenters. The lowest BCUT2D eigenvalue weighted by atomic mass is 9.92. The van der Waals surface area contributed by atoms with Gasteiger partial charge in [0.25, 0.3) is 0 Å². The van der Waals surface area contributed by atoms with Crippen molar-refractivity contribution in [1.82, 2.24) is 9.62 Å². The molecule has 0 radical (unpaired) electrons. The summed E-state index contributed by atoms with van der Waals surface area (Å²) >= 11 is 6.05. The first-order chi connectivity index (χ1) is 15.8. The fraction of sp³-hybridized carbons (Fsp3) is 0.240. The lowest BCUT2D eigenvalue weighted by Gasteiger charge is -2.36. The number of aryl methyl sites for hydroxylation is 1. The first-order valence-corrected chi connectivity index (χ1v) is 12.4. The zero-order valence-corrected chi connectivity index (χ0v) is 19.7. The number of nitrogens with one attached hydrogen (secondary N) is 1. The van der Waals surface area contributed by atoms with E-state index in [1.807, 2.05) is 31.2 Å². The SMILES string of the molecule is Cc1ccc(S(=O)(=O)N2CCc3ccccc3C2CC(=O)NCc2ccc(F)cc2Cl)cc1. The number of benzene rings is 3. The zero-order chi connectivity index (χ0) is 23.6. The molecule has 0 aliphatic carbocycles. The quantitative estimate of drug-likeness (QED) is 0.545. The van der Waals surface area contributed by atoms with Crippen molar-refractivity contribution in [2.24, 2.45) is 0 Å². The molecular formula is C25H24ClFN2O3S. The molecule has 1 aliphatic rings. The Balaban J connectivity index is 1.59. The van der Waals surface area contributed by atoms with Gasteiger partial charge in [-0.3, -0.25) is 4.79 Å². The monoisotopic (exact) mass is 486 g/mol. The number of hydrogen-bond acceptors (Lipinski definition) is 3. The topological polar surface area (TPSA) is 66.5 Å². The first-order valence-electron chi connectivity index (χ1n) is 10.6. The Labute approximate surface area is 198 Å². The van der Waals surface area contributed by atoms with Crippen LogP contribution < -0.4 is 5.32 Å². The van der Waals surface area contributed by atoms with Crippen LogP contribution in [0.15, 0.2) is 71.6 Å². The summed E-state index contributed by atoms with van der Waals surface area (Å²) in [6, 6.07) is 17.7. The molecule has 0 saturated heterocycles. The largest absolute Gasteiger partial charge is 0.352 e. The molecule has 0 spiro atoms. The van der Waals surface area contributed by atoms with Gasteiger partial charge in [-0.15, -0.1) is 0 Å². The van der Waals surface area contributed by atoms with Gasteiger partial charge in [0.2, 0.25) is 15.9 Å². The highest BCUT2D eigenvalue weighted by molar-refractivity contribution is 7.89. The highest BCUT2D eigenvalue weighted by atomic mass is 35.5. The Morgan fingerprint density at radius 1 is 1.12 bits per heavy atom. The van der Waals surface area contributed by atoms with Gasteiger partial charge < -0.3 is 5.32 Å². The molecule has 8 heteroatoms. The van der Waals surface area contributed by atoms with Crippen molar-refractivity contribution in [2.75, 3.05) is 6.54 Å². The molecule has 1 amide bonds. The second kappa shape index (κ2) is 9.63. The summed E-state index contributed by atoms with van der Waals surface area (Å²) < 4.78 is 41.7. The minimum absolute atomic E-state index is 0.0408. The molecule has 1 unspecified atom stereocenters. The first kappa shape index (κ1) is 23.4. The van der Waals surface area contributed by atoms with Crippen molar-refractivity contribution in [2.45, 2.75) is 37.2 Å². The molecule has 0 bridgehead atoms. The summed E-state index contributed by atoms with van der Waals surface area (Å²) in [5.74, 6) is -0.771. The molecular weight excluding hydrogens is 463 g/mol. The van der Waals surface area contributed by atoms with Gasteiger partial charge in [0.1, 0.15) is 5.82 Å². The highest BCUT2D eigenvalue weighted by Crippen LogP contribution is 2.36. The van der Waals surface area contributed by atoms with E-state index in [9.17, 15) is 17.6 Å². The Hall–Kier alpha value is -2.74. The van der Waals surface area contributed by atoms with E-state index in [0.717, 1.165) is 16.7 Å². The van der Waals surface area contributed by atoms with E-state index in [2.05, 4.69) is 5.32 Å². The van der Waals surface area contributed by atoms with E-state index in [1.165, 1.54) is 22.5 Å². The molecule has 1 heterocycles. The molecule has 1 N–H and O–H groups in total. The van der Waals surface area contributed by atoms with Crippen LogP contribution in [0.1, 0.15) is 34.7 Å². The van der Waals surface area contributed by atoms with Crippen LogP contribution in [0.2, 0.25) is 5.02 Å². The van der Waals surface area contributed by atoms with Crippen molar-refractivity contribution >= 4 is 27.5 Å². The van der Waals surface area contributed by atoms with E-state index >= 15 is 0 Å². The molecule has 5 nitrogen and oxygen atoms in total. The van der Waals surface area contributed by atoms with Gasteiger partial charge >= 0.3 is 0 Å². The molecule has 33 heavy (non-hydrogen) atoms. The van der Waals surface area contributed by atoms with Gasteiger partial charge in [-0.05, 0) is 54.3 Å². The van der Waals surface area contributed by atoms with Crippen LogP contribution in [0.3, 0.4) is 0 Å². The number of rotatable bonds is 6. The van der Waals surface area contributed by atoms with Crippen molar-refractivity contribution in [3.05, 3.63) is 99.8 Å². The minimum atomic E-state index is -3.80. The van der Waals surface area contributed by atoms with Crippen LogP contribution in [0.4, 0.5) is 4.39 Å². The van der Waals surface area contributed by atoms with Crippen molar-refractivity contribution in [3.63, 3.8) is 0 Å². The van der Waals surface area contributed by atoms with E-state index in [1.54, 1.807) is 24.3 Å². The number of carbonyl (C=O) groups excluding carboxylic acids is 1. The van der Waals surface area contributed by atoms with E-state index in [4.69, 9.17) is 11.6 Å². The number of nitrogens with zero attached hydrogens (tertiary/aromatic N) is 1. The Bertz CT molecular complexity index is 1280. The summed E-state index contributed by atoms with van der Waals surface area (Å²) in [5.41, 5.74) is 3.41. The van der Waals surface area contributed by atoms with Crippen LogP contribution in [0, 0.1) is 12.7 Å². The third kappa shape index (κ3) is 5.11. The van der Waals surface area contributed by atoms with Crippen LogP contribution in [0.5, 0.6) is 0 Å². The third-order valence-corrected chi connectivity index (χ3v) is 8.13. The summed E-state index contributed by atoms with van der Waals surface area (Å²) in [5, 5.41) is 3.01. The molecule has 3 aromatic carbocycles. The van der Waals surface area contributed by atoms with Crippen LogP contribution in [0.25, 0.3) is 0 Å². The molecule has 0 saturated carbocycles. The molecule has 4 rings (SSSR count). The predicted octanol–water partition coefficient (Wildman–Crippen LogP) is 4.78. The predicted molar refractivity (Wildman–Crippen MR) is 126 cm³/mol. The number of amides is 1. The number of sulfonamides is 1. The van der Waals surface area contributed by atoms with Gasteiger partial charge in [0.15, 0.2) is 0 Å². The maximum absolute atomic E-state index is 13.5. The van der Waals surface area contributed by atoms with Gasteiger partial charge in [0, 0.05) is 24.5 Å². The van der Waals surface area contributed by atoms with Crippen molar-refractivity contribution in [1.29, 1.82) is 0 Å². The zero-order valence-electron chi connectivity index (χ0n) is 18.1. The van der Waals surface area contributed by atoms with Gasteiger partial charge in [-0.25, -0.2) is 12.8 Å². The maximum atomic E-state index is 13.5. The highest BCUT2D eigenvalue weighted by Gasteiger charge is 2.37. The lowest BCUT2D eigenvalue weighted by molar-refractivity contribution is -0.122. The molecule has 1 aliphatic heterocycles. The molecule has 172 valence electrons.